The van der Waals surface area contributed by atoms with E-state index in [2.05, 4.69) is 31.1 Å². The van der Waals surface area contributed by atoms with Crippen LogP contribution in [0.3, 0.4) is 0 Å². The average molecular weight is 342 g/mol. The summed E-state index contributed by atoms with van der Waals surface area (Å²) in [7, 11) is 0. The summed E-state index contributed by atoms with van der Waals surface area (Å²) < 4.78 is 7.39. The highest BCUT2D eigenvalue weighted by atomic mass is 79.9. The lowest BCUT2D eigenvalue weighted by Gasteiger charge is -2.11. The smallest absolute Gasteiger partial charge is 0.337 e. The van der Waals surface area contributed by atoms with Gasteiger partial charge in [-0.3, -0.25) is 4.57 Å². The molecule has 0 radical (unpaired) electrons. The summed E-state index contributed by atoms with van der Waals surface area (Å²) in [6.45, 7) is 7.32. The highest BCUT2D eigenvalue weighted by Gasteiger charge is 2.22. The maximum atomic E-state index is 11.9. The fourth-order valence-corrected chi connectivity index (χ4v) is 1.98. The molecule has 0 bridgehead atoms. The van der Waals surface area contributed by atoms with E-state index in [1.807, 2.05) is 6.92 Å². The topological polar surface area (TPSA) is 99.8 Å². The number of rotatable bonds is 3. The second-order valence-electron chi connectivity index (χ2n) is 5.20. The van der Waals surface area contributed by atoms with Gasteiger partial charge < -0.3 is 10.3 Å². The number of aryl methyl sites for hydroxylation is 1. The lowest BCUT2D eigenvalue weighted by molar-refractivity contribution is 0.352. The van der Waals surface area contributed by atoms with Gasteiger partial charge in [0.1, 0.15) is 6.54 Å². The Morgan fingerprint density at radius 2 is 2.00 bits per heavy atom. The first-order chi connectivity index (χ1) is 9.20. The third kappa shape index (κ3) is 2.80. The van der Waals surface area contributed by atoms with Crippen molar-refractivity contribution in [3.05, 3.63) is 38.1 Å². The summed E-state index contributed by atoms with van der Waals surface area (Å²) in [5.74, 6) is 0.721. The zero-order valence-corrected chi connectivity index (χ0v) is 13.4. The van der Waals surface area contributed by atoms with E-state index in [1.54, 1.807) is 20.8 Å². The molecular weight excluding hydrogens is 326 g/mol. The zero-order chi connectivity index (χ0) is 15.1. The quantitative estimate of drug-likeness (QED) is 0.901. The molecule has 7 nitrogen and oxygen atoms in total. The minimum absolute atomic E-state index is 0.166. The van der Waals surface area contributed by atoms with E-state index in [0.29, 0.717) is 17.4 Å². The molecule has 0 unspecified atom stereocenters. The van der Waals surface area contributed by atoms with E-state index in [4.69, 9.17) is 10.3 Å². The average Bonchev–Trinajstić information content (AvgIpc) is 2.80. The minimum Gasteiger partial charge on any atom is -0.337 e. The van der Waals surface area contributed by atoms with Crippen LogP contribution >= 0.6 is 15.9 Å². The highest BCUT2D eigenvalue weighted by Crippen LogP contribution is 2.18. The molecular formula is C12H16BrN5O2. The first-order valence-electron chi connectivity index (χ1n) is 6.05. The third-order valence-electron chi connectivity index (χ3n) is 2.87. The molecule has 0 aliphatic heterocycles. The van der Waals surface area contributed by atoms with Crippen molar-refractivity contribution >= 4 is 15.9 Å². The lowest BCUT2D eigenvalue weighted by Crippen LogP contribution is -2.30. The van der Waals surface area contributed by atoms with Crippen LogP contribution in [0.25, 0.3) is 0 Å². The van der Waals surface area contributed by atoms with Crippen LogP contribution in [0.5, 0.6) is 0 Å². The standard InChI is InChI=1S/C12H16BrN5O2/c1-6-9(13)7(2)18(11(19)15-6)5-8-16-10(17-20-8)12(3,4)14/h5,14H2,1-4H3. The molecule has 2 rings (SSSR count). The predicted octanol–water partition coefficient (Wildman–Crippen LogP) is 1.25. The van der Waals surface area contributed by atoms with E-state index in [-0.39, 0.29) is 12.2 Å². The molecule has 20 heavy (non-hydrogen) atoms. The van der Waals surface area contributed by atoms with Crippen LogP contribution in [-0.4, -0.2) is 19.7 Å². The summed E-state index contributed by atoms with van der Waals surface area (Å²) >= 11 is 3.41. The van der Waals surface area contributed by atoms with Crippen molar-refractivity contribution in [1.29, 1.82) is 0 Å². The third-order valence-corrected chi connectivity index (χ3v) is 4.02. The predicted molar refractivity (Wildman–Crippen MR) is 76.3 cm³/mol. The Morgan fingerprint density at radius 3 is 2.55 bits per heavy atom. The number of aromatic nitrogens is 4. The van der Waals surface area contributed by atoms with Gasteiger partial charge >= 0.3 is 5.69 Å². The molecule has 0 aliphatic rings. The normalized spacial score (nSPS) is 11.9. The molecule has 8 heteroatoms. The van der Waals surface area contributed by atoms with Crippen molar-refractivity contribution in [2.45, 2.75) is 39.8 Å². The highest BCUT2D eigenvalue weighted by molar-refractivity contribution is 9.10. The van der Waals surface area contributed by atoms with Crippen molar-refractivity contribution in [1.82, 2.24) is 19.7 Å². The molecule has 0 saturated carbocycles. The number of halogens is 1. The van der Waals surface area contributed by atoms with Crippen LogP contribution in [0, 0.1) is 13.8 Å². The first kappa shape index (κ1) is 14.9. The van der Waals surface area contributed by atoms with Crippen LogP contribution < -0.4 is 11.4 Å². The SMILES string of the molecule is Cc1nc(=O)n(Cc2nc(C(C)(C)N)no2)c(C)c1Br. The summed E-state index contributed by atoms with van der Waals surface area (Å²) in [5, 5.41) is 3.82. The van der Waals surface area contributed by atoms with Crippen LogP contribution in [0.15, 0.2) is 13.8 Å². The lowest BCUT2D eigenvalue weighted by atomic mass is 10.1. The van der Waals surface area contributed by atoms with Crippen LogP contribution in [0.2, 0.25) is 0 Å². The van der Waals surface area contributed by atoms with Crippen molar-refractivity contribution in [2.75, 3.05) is 0 Å². The molecule has 0 spiro atoms. The van der Waals surface area contributed by atoms with Crippen molar-refractivity contribution in [2.24, 2.45) is 5.73 Å². The number of nitrogens with zero attached hydrogens (tertiary/aromatic N) is 4. The Bertz CT molecular complexity index is 699. The summed E-state index contributed by atoms with van der Waals surface area (Å²) in [4.78, 5) is 20.1. The van der Waals surface area contributed by atoms with E-state index < -0.39 is 5.54 Å². The molecule has 2 N–H and O–H groups in total. The van der Waals surface area contributed by atoms with Crippen LogP contribution in [0.4, 0.5) is 0 Å². The monoisotopic (exact) mass is 341 g/mol. The van der Waals surface area contributed by atoms with E-state index in [1.165, 1.54) is 4.57 Å². The Hall–Kier alpha value is -1.54. The fraction of sp³-hybridized carbons (Fsp3) is 0.500. The molecule has 2 aromatic heterocycles. The Kier molecular flexibility index (Phi) is 3.79. The summed E-state index contributed by atoms with van der Waals surface area (Å²) in [6, 6.07) is 0. The maximum absolute atomic E-state index is 11.9. The van der Waals surface area contributed by atoms with Gasteiger partial charge in [0.15, 0.2) is 5.82 Å². The van der Waals surface area contributed by atoms with Crippen molar-refractivity contribution in [3.63, 3.8) is 0 Å². The fourth-order valence-electron chi connectivity index (χ4n) is 1.68. The van der Waals surface area contributed by atoms with E-state index >= 15 is 0 Å². The first-order valence-corrected chi connectivity index (χ1v) is 6.85. The van der Waals surface area contributed by atoms with E-state index in [9.17, 15) is 4.79 Å². The van der Waals surface area contributed by atoms with Gasteiger partial charge in [0.2, 0.25) is 5.89 Å². The number of nitrogens with two attached hydrogens (primary N) is 1. The van der Waals surface area contributed by atoms with Crippen molar-refractivity contribution < 1.29 is 4.52 Å². The molecule has 0 amide bonds. The maximum Gasteiger partial charge on any atom is 0.348 e. The summed E-state index contributed by atoms with van der Waals surface area (Å²) in [6.07, 6.45) is 0. The second kappa shape index (κ2) is 5.10. The Morgan fingerprint density at radius 1 is 1.35 bits per heavy atom. The van der Waals surface area contributed by atoms with Gasteiger partial charge in [0.25, 0.3) is 0 Å². The summed E-state index contributed by atoms with van der Waals surface area (Å²) in [5.41, 5.74) is 6.26. The van der Waals surface area contributed by atoms with Gasteiger partial charge in [-0.2, -0.15) is 9.97 Å². The molecule has 2 aromatic rings. The van der Waals surface area contributed by atoms with Gasteiger partial charge in [-0.15, -0.1) is 0 Å². The van der Waals surface area contributed by atoms with Gasteiger partial charge in [-0.25, -0.2) is 4.79 Å². The Labute approximate surface area is 124 Å². The van der Waals surface area contributed by atoms with Gasteiger partial charge in [-0.1, -0.05) is 5.16 Å². The largest absolute Gasteiger partial charge is 0.348 e. The molecule has 0 atom stereocenters. The van der Waals surface area contributed by atoms with Crippen LogP contribution in [-0.2, 0) is 12.1 Å². The number of hydrogen-bond donors (Lipinski definition) is 1. The number of hydrogen-bond acceptors (Lipinski definition) is 6. The van der Waals surface area contributed by atoms with Gasteiger partial charge in [0.05, 0.1) is 15.7 Å². The molecule has 0 saturated heterocycles. The molecule has 2 heterocycles. The molecule has 0 aliphatic carbocycles. The van der Waals surface area contributed by atoms with Gasteiger partial charge in [-0.05, 0) is 43.6 Å². The van der Waals surface area contributed by atoms with Crippen LogP contribution in [0.1, 0.15) is 37.0 Å². The van der Waals surface area contributed by atoms with Crippen molar-refractivity contribution in [3.8, 4) is 0 Å². The van der Waals surface area contributed by atoms with Gasteiger partial charge in [0, 0.05) is 5.69 Å². The molecule has 108 valence electrons. The molecule has 0 aromatic carbocycles. The Balaban J connectivity index is 2.39. The zero-order valence-electron chi connectivity index (χ0n) is 11.8. The van der Waals surface area contributed by atoms with E-state index in [0.717, 1.165) is 10.2 Å². The minimum atomic E-state index is -0.687. The second-order valence-corrected chi connectivity index (χ2v) is 5.99. The molecule has 0 fully saturated rings.